The van der Waals surface area contributed by atoms with Crippen molar-refractivity contribution in [3.8, 4) is 11.4 Å². The zero-order chi connectivity index (χ0) is 14.8. The molecule has 9 heteroatoms. The number of aromatic nitrogens is 2. The third kappa shape index (κ3) is 5.07. The Balaban J connectivity index is 0.00000220. The van der Waals surface area contributed by atoms with Crippen LogP contribution in [0.25, 0.3) is 11.4 Å². The summed E-state index contributed by atoms with van der Waals surface area (Å²) in [6.07, 6.45) is 1.31. The number of halogens is 2. The molecule has 0 radical (unpaired) electrons. The van der Waals surface area contributed by atoms with Gasteiger partial charge in [0.15, 0.2) is 0 Å². The van der Waals surface area contributed by atoms with Crippen molar-refractivity contribution in [1.29, 1.82) is 0 Å². The first-order valence-corrected chi connectivity index (χ1v) is 7.94. The third-order valence-electron chi connectivity index (χ3n) is 2.64. The monoisotopic (exact) mass is 335 g/mol. The molecule has 6 nitrogen and oxygen atoms in total. The molecule has 0 fully saturated rings. The van der Waals surface area contributed by atoms with Crippen molar-refractivity contribution in [3.63, 3.8) is 0 Å². The van der Waals surface area contributed by atoms with Crippen molar-refractivity contribution < 1.29 is 17.3 Å². The zero-order valence-electron chi connectivity index (χ0n) is 11.2. The van der Waals surface area contributed by atoms with Crippen molar-refractivity contribution in [2.45, 2.75) is 12.5 Å². The second-order valence-electron chi connectivity index (χ2n) is 4.49. The smallest absolute Gasteiger partial charge is 0.243 e. The first kappa shape index (κ1) is 17.5. The van der Waals surface area contributed by atoms with E-state index in [4.69, 9.17) is 10.3 Å². The van der Waals surface area contributed by atoms with Crippen molar-refractivity contribution in [1.82, 2.24) is 10.1 Å². The molecule has 1 heterocycles. The minimum absolute atomic E-state index is 0. The van der Waals surface area contributed by atoms with E-state index < -0.39 is 21.7 Å². The van der Waals surface area contributed by atoms with Crippen molar-refractivity contribution in [3.05, 3.63) is 36.0 Å². The molecule has 0 aliphatic rings. The lowest BCUT2D eigenvalue weighted by Gasteiger charge is -2.04. The minimum Gasteiger partial charge on any atom is -0.337 e. The summed E-state index contributed by atoms with van der Waals surface area (Å²) in [6, 6.07) is 5.09. The fourth-order valence-corrected chi connectivity index (χ4v) is 2.28. The van der Waals surface area contributed by atoms with Gasteiger partial charge in [0.2, 0.25) is 11.7 Å². The van der Waals surface area contributed by atoms with Gasteiger partial charge in [-0.3, -0.25) is 0 Å². The van der Waals surface area contributed by atoms with Crippen LogP contribution in [0.2, 0.25) is 0 Å². The maximum Gasteiger partial charge on any atom is 0.243 e. The molecule has 2 aromatic rings. The molecule has 0 bridgehead atoms. The summed E-state index contributed by atoms with van der Waals surface area (Å²) < 4.78 is 40.2. The van der Waals surface area contributed by atoms with Crippen molar-refractivity contribution in [2.75, 3.05) is 12.0 Å². The maximum absolute atomic E-state index is 13.1. The fourth-order valence-electron chi connectivity index (χ4n) is 1.60. The Labute approximate surface area is 127 Å². The van der Waals surface area contributed by atoms with Crippen LogP contribution in [-0.4, -0.2) is 30.6 Å². The van der Waals surface area contributed by atoms with Crippen LogP contribution in [0.5, 0.6) is 0 Å². The predicted octanol–water partition coefficient (Wildman–Crippen LogP) is 1.73. The minimum atomic E-state index is -3.10. The summed E-state index contributed by atoms with van der Waals surface area (Å²) in [5.41, 5.74) is 6.26. The Kier molecular flexibility index (Phi) is 5.82. The normalized spacial score (nSPS) is 12.7. The van der Waals surface area contributed by atoms with Gasteiger partial charge in [0.1, 0.15) is 15.7 Å². The molecule has 0 saturated carbocycles. The summed E-state index contributed by atoms with van der Waals surface area (Å²) in [6.45, 7) is 0. The van der Waals surface area contributed by atoms with E-state index in [0.717, 1.165) is 6.26 Å². The molecule has 1 aromatic heterocycles. The Morgan fingerprint density at radius 1 is 1.43 bits per heavy atom. The van der Waals surface area contributed by atoms with Gasteiger partial charge < -0.3 is 10.3 Å². The SMILES string of the molecule is CS(=O)(=O)CCC(N)c1nc(-c2cccc(F)c2)no1.Cl. The molecule has 21 heavy (non-hydrogen) atoms. The molecule has 0 amide bonds. The molecule has 0 saturated heterocycles. The lowest BCUT2D eigenvalue weighted by atomic mass is 10.2. The van der Waals surface area contributed by atoms with E-state index in [1.807, 2.05) is 0 Å². The Morgan fingerprint density at radius 2 is 2.14 bits per heavy atom. The van der Waals surface area contributed by atoms with Crippen LogP contribution in [0.15, 0.2) is 28.8 Å². The van der Waals surface area contributed by atoms with Gasteiger partial charge in [-0.05, 0) is 18.6 Å². The van der Waals surface area contributed by atoms with Crippen molar-refractivity contribution >= 4 is 22.2 Å². The second kappa shape index (κ2) is 6.97. The van der Waals surface area contributed by atoms with Crippen LogP contribution in [0.4, 0.5) is 4.39 Å². The molecule has 1 unspecified atom stereocenters. The molecule has 0 spiro atoms. The molecule has 116 valence electrons. The highest BCUT2D eigenvalue weighted by Gasteiger charge is 2.17. The van der Waals surface area contributed by atoms with Crippen LogP contribution in [-0.2, 0) is 9.84 Å². The average molecular weight is 336 g/mol. The first-order chi connectivity index (χ1) is 9.35. The van der Waals surface area contributed by atoms with Crippen LogP contribution in [0, 0.1) is 5.82 Å². The van der Waals surface area contributed by atoms with Gasteiger partial charge in [0.25, 0.3) is 0 Å². The Bertz CT molecular complexity index is 705. The topological polar surface area (TPSA) is 99.1 Å². The Hall–Kier alpha value is -1.51. The molecule has 2 N–H and O–H groups in total. The maximum atomic E-state index is 13.1. The summed E-state index contributed by atoms with van der Waals surface area (Å²) in [7, 11) is -3.10. The third-order valence-corrected chi connectivity index (χ3v) is 3.62. The fraction of sp³-hybridized carbons (Fsp3) is 0.333. The van der Waals surface area contributed by atoms with Gasteiger partial charge in [-0.15, -0.1) is 12.4 Å². The molecule has 1 aromatic carbocycles. The van der Waals surface area contributed by atoms with E-state index in [1.165, 1.54) is 18.2 Å². The number of hydrogen-bond donors (Lipinski definition) is 1. The van der Waals surface area contributed by atoms with Crippen LogP contribution in [0.1, 0.15) is 18.4 Å². The lowest BCUT2D eigenvalue weighted by Crippen LogP contribution is -2.16. The van der Waals surface area contributed by atoms with E-state index in [1.54, 1.807) is 6.07 Å². The predicted molar refractivity (Wildman–Crippen MR) is 78.2 cm³/mol. The highest BCUT2D eigenvalue weighted by molar-refractivity contribution is 7.90. The van der Waals surface area contributed by atoms with Gasteiger partial charge in [-0.2, -0.15) is 4.98 Å². The lowest BCUT2D eigenvalue weighted by molar-refractivity contribution is 0.352. The number of benzene rings is 1. The highest BCUT2D eigenvalue weighted by Crippen LogP contribution is 2.20. The molecule has 1 atom stereocenters. The van der Waals surface area contributed by atoms with E-state index in [9.17, 15) is 12.8 Å². The second-order valence-corrected chi connectivity index (χ2v) is 6.75. The van der Waals surface area contributed by atoms with Crippen LogP contribution < -0.4 is 5.73 Å². The summed E-state index contributed by atoms with van der Waals surface area (Å²) in [5.74, 6) is -0.122. The van der Waals surface area contributed by atoms with Crippen molar-refractivity contribution in [2.24, 2.45) is 5.73 Å². The molecule has 0 aliphatic heterocycles. The number of rotatable bonds is 5. The number of nitrogens with two attached hydrogens (primary N) is 1. The molecule has 0 aliphatic carbocycles. The largest absolute Gasteiger partial charge is 0.337 e. The van der Waals surface area contributed by atoms with Crippen LogP contribution >= 0.6 is 12.4 Å². The van der Waals surface area contributed by atoms with Gasteiger partial charge in [-0.1, -0.05) is 17.3 Å². The summed E-state index contributed by atoms with van der Waals surface area (Å²) in [5, 5.41) is 3.71. The van der Waals surface area contributed by atoms with E-state index in [0.29, 0.717) is 5.56 Å². The zero-order valence-corrected chi connectivity index (χ0v) is 12.8. The highest BCUT2D eigenvalue weighted by atomic mass is 35.5. The van der Waals surface area contributed by atoms with Gasteiger partial charge in [-0.25, -0.2) is 12.8 Å². The first-order valence-electron chi connectivity index (χ1n) is 5.88. The molecular weight excluding hydrogens is 321 g/mol. The van der Waals surface area contributed by atoms with E-state index >= 15 is 0 Å². The van der Waals surface area contributed by atoms with Crippen LogP contribution in [0.3, 0.4) is 0 Å². The molecule has 2 rings (SSSR count). The van der Waals surface area contributed by atoms with Gasteiger partial charge >= 0.3 is 0 Å². The van der Waals surface area contributed by atoms with Gasteiger partial charge in [0.05, 0.1) is 11.8 Å². The Morgan fingerprint density at radius 3 is 2.76 bits per heavy atom. The van der Waals surface area contributed by atoms with E-state index in [-0.39, 0.29) is 36.3 Å². The standard InChI is InChI=1S/C12H14FN3O3S.ClH/c1-20(17,18)6-5-10(14)12-15-11(16-19-12)8-3-2-4-9(13)7-8;/h2-4,7,10H,5-6,14H2,1H3;1H. The summed E-state index contributed by atoms with van der Waals surface area (Å²) in [4.78, 5) is 4.06. The number of sulfone groups is 1. The van der Waals surface area contributed by atoms with Gasteiger partial charge in [0, 0.05) is 11.8 Å². The summed E-state index contributed by atoms with van der Waals surface area (Å²) >= 11 is 0. The number of hydrogen-bond acceptors (Lipinski definition) is 6. The van der Waals surface area contributed by atoms with E-state index in [2.05, 4.69) is 10.1 Å². The number of nitrogens with zero attached hydrogens (tertiary/aromatic N) is 2. The quantitative estimate of drug-likeness (QED) is 0.893. The molecular formula is C12H15ClFN3O3S. The average Bonchev–Trinajstić information content (AvgIpc) is 2.84.